The molecule has 1 fully saturated rings. The largest absolute Gasteiger partial charge is 0.362 e. The highest BCUT2D eigenvalue weighted by molar-refractivity contribution is 5.90. The lowest BCUT2D eigenvalue weighted by Crippen LogP contribution is -2.41. The summed E-state index contributed by atoms with van der Waals surface area (Å²) in [6.07, 6.45) is 8.25. The Morgan fingerprint density at radius 3 is 3.09 bits per heavy atom. The number of hydrogen-bond donors (Lipinski definition) is 1. The zero-order chi connectivity index (χ0) is 15.5. The molecule has 22 heavy (non-hydrogen) atoms. The van der Waals surface area contributed by atoms with Crippen LogP contribution in [0.25, 0.3) is 0 Å². The van der Waals surface area contributed by atoms with Crippen LogP contribution in [0.15, 0.2) is 23.3 Å². The first-order chi connectivity index (χ1) is 10.7. The molecule has 2 aromatic heterocycles. The molecule has 0 unspecified atom stereocenters. The maximum Gasteiger partial charge on any atom is 0.322 e. The Labute approximate surface area is 129 Å². The van der Waals surface area contributed by atoms with Crippen molar-refractivity contribution < 1.29 is 9.32 Å². The monoisotopic (exact) mass is 303 g/mol. The Morgan fingerprint density at radius 2 is 2.36 bits per heavy atom. The molecule has 1 atom stereocenters. The van der Waals surface area contributed by atoms with Gasteiger partial charge in [0.15, 0.2) is 0 Å². The molecule has 2 amide bonds. The standard InChI is InChI=1S/C15H21N5O2/c1-3-19-10-16-8-14(19)13-6-4-5-7-20(13)15(21)17-12-9-22-18-11(12)2/h8-10,13H,3-7H2,1-2H3,(H,17,21)/t13-/m0/s1. The number of nitrogens with one attached hydrogen (secondary N) is 1. The summed E-state index contributed by atoms with van der Waals surface area (Å²) in [7, 11) is 0. The van der Waals surface area contributed by atoms with Crippen LogP contribution in [0.2, 0.25) is 0 Å². The number of urea groups is 1. The highest BCUT2D eigenvalue weighted by atomic mass is 16.5. The lowest BCUT2D eigenvalue weighted by molar-refractivity contribution is 0.159. The molecule has 0 aliphatic carbocycles. The average Bonchev–Trinajstić information content (AvgIpc) is 3.16. The molecule has 1 saturated heterocycles. The summed E-state index contributed by atoms with van der Waals surface area (Å²) in [5.74, 6) is 0. The SMILES string of the molecule is CCn1cncc1[C@@H]1CCCCN1C(=O)Nc1conc1C. The van der Waals surface area contributed by atoms with Gasteiger partial charge < -0.3 is 19.3 Å². The topological polar surface area (TPSA) is 76.2 Å². The summed E-state index contributed by atoms with van der Waals surface area (Å²) >= 11 is 0. The van der Waals surface area contributed by atoms with Gasteiger partial charge in [0, 0.05) is 13.1 Å². The number of imidazole rings is 1. The van der Waals surface area contributed by atoms with Gasteiger partial charge in [0.25, 0.3) is 0 Å². The van der Waals surface area contributed by atoms with Crippen molar-refractivity contribution in [1.82, 2.24) is 19.6 Å². The number of likely N-dealkylation sites (tertiary alicyclic amines) is 1. The number of hydrogen-bond acceptors (Lipinski definition) is 4. The van der Waals surface area contributed by atoms with Crippen molar-refractivity contribution in [3.63, 3.8) is 0 Å². The number of nitrogens with zero attached hydrogens (tertiary/aromatic N) is 4. The van der Waals surface area contributed by atoms with Crippen molar-refractivity contribution in [2.75, 3.05) is 11.9 Å². The van der Waals surface area contributed by atoms with E-state index in [1.54, 1.807) is 6.92 Å². The molecule has 1 aliphatic heterocycles. The van der Waals surface area contributed by atoms with Crippen LogP contribution in [-0.4, -0.2) is 32.2 Å². The highest BCUT2D eigenvalue weighted by Crippen LogP contribution is 2.31. The minimum Gasteiger partial charge on any atom is -0.362 e. The summed E-state index contributed by atoms with van der Waals surface area (Å²) in [5, 5.41) is 6.68. The molecule has 1 aliphatic rings. The quantitative estimate of drug-likeness (QED) is 0.945. The molecule has 2 aromatic rings. The van der Waals surface area contributed by atoms with Crippen molar-refractivity contribution in [1.29, 1.82) is 0 Å². The van der Waals surface area contributed by atoms with E-state index in [-0.39, 0.29) is 12.1 Å². The number of aromatic nitrogens is 3. The van der Waals surface area contributed by atoms with Gasteiger partial charge in [-0.25, -0.2) is 9.78 Å². The number of aryl methyl sites for hydroxylation is 2. The van der Waals surface area contributed by atoms with Crippen LogP contribution >= 0.6 is 0 Å². The highest BCUT2D eigenvalue weighted by Gasteiger charge is 2.30. The second-order valence-electron chi connectivity index (χ2n) is 5.55. The molecular weight excluding hydrogens is 282 g/mol. The Bertz CT molecular complexity index is 648. The van der Waals surface area contributed by atoms with Gasteiger partial charge >= 0.3 is 6.03 Å². The van der Waals surface area contributed by atoms with Crippen LogP contribution < -0.4 is 5.32 Å². The molecule has 0 saturated carbocycles. The van der Waals surface area contributed by atoms with Crippen LogP contribution in [0.3, 0.4) is 0 Å². The molecular formula is C15H21N5O2. The summed E-state index contributed by atoms with van der Waals surface area (Å²) < 4.78 is 6.97. The maximum atomic E-state index is 12.6. The van der Waals surface area contributed by atoms with Gasteiger partial charge in [0.1, 0.15) is 17.6 Å². The molecule has 3 heterocycles. The van der Waals surface area contributed by atoms with E-state index >= 15 is 0 Å². The molecule has 7 nitrogen and oxygen atoms in total. The number of carbonyl (C=O) groups is 1. The minimum absolute atomic E-state index is 0.0661. The van der Waals surface area contributed by atoms with E-state index < -0.39 is 0 Å². The van der Waals surface area contributed by atoms with Crippen LogP contribution in [0.1, 0.15) is 43.6 Å². The number of rotatable bonds is 3. The van der Waals surface area contributed by atoms with Gasteiger partial charge in [0.2, 0.25) is 0 Å². The summed E-state index contributed by atoms with van der Waals surface area (Å²) in [6, 6.07) is -0.0452. The molecule has 1 N–H and O–H groups in total. The summed E-state index contributed by atoms with van der Waals surface area (Å²) in [4.78, 5) is 18.8. The molecule has 3 rings (SSSR count). The third-order valence-electron chi connectivity index (χ3n) is 4.18. The minimum atomic E-state index is -0.111. The van der Waals surface area contributed by atoms with Gasteiger partial charge in [-0.1, -0.05) is 5.16 Å². The van der Waals surface area contributed by atoms with E-state index in [2.05, 4.69) is 26.9 Å². The van der Waals surface area contributed by atoms with Gasteiger partial charge in [-0.15, -0.1) is 0 Å². The van der Waals surface area contributed by atoms with Crippen molar-refractivity contribution in [3.05, 3.63) is 30.2 Å². The Hall–Kier alpha value is -2.31. The third kappa shape index (κ3) is 2.70. The first-order valence-electron chi connectivity index (χ1n) is 7.69. The van der Waals surface area contributed by atoms with E-state index in [1.165, 1.54) is 6.26 Å². The van der Waals surface area contributed by atoms with Crippen LogP contribution in [0.4, 0.5) is 10.5 Å². The fraction of sp³-hybridized carbons (Fsp3) is 0.533. The van der Waals surface area contributed by atoms with Gasteiger partial charge in [0.05, 0.1) is 24.3 Å². The summed E-state index contributed by atoms with van der Waals surface area (Å²) in [6.45, 7) is 5.49. The zero-order valence-corrected chi connectivity index (χ0v) is 13.0. The fourth-order valence-corrected chi connectivity index (χ4v) is 2.95. The van der Waals surface area contributed by atoms with E-state index in [1.807, 2.05) is 17.4 Å². The second kappa shape index (κ2) is 6.21. The van der Waals surface area contributed by atoms with E-state index in [0.717, 1.165) is 38.0 Å². The molecule has 0 bridgehead atoms. The van der Waals surface area contributed by atoms with Gasteiger partial charge in [-0.3, -0.25) is 0 Å². The molecule has 0 spiro atoms. The fourth-order valence-electron chi connectivity index (χ4n) is 2.95. The summed E-state index contributed by atoms with van der Waals surface area (Å²) in [5.41, 5.74) is 2.40. The number of anilines is 1. The smallest absolute Gasteiger partial charge is 0.322 e. The van der Waals surface area contributed by atoms with Crippen molar-refractivity contribution in [3.8, 4) is 0 Å². The molecule has 0 radical (unpaired) electrons. The lowest BCUT2D eigenvalue weighted by Gasteiger charge is -2.35. The van der Waals surface area contributed by atoms with E-state index in [0.29, 0.717) is 11.4 Å². The normalized spacial score (nSPS) is 18.5. The van der Waals surface area contributed by atoms with E-state index in [9.17, 15) is 4.79 Å². The zero-order valence-electron chi connectivity index (χ0n) is 13.0. The van der Waals surface area contributed by atoms with E-state index in [4.69, 9.17) is 4.52 Å². The van der Waals surface area contributed by atoms with Crippen molar-refractivity contribution >= 4 is 11.7 Å². The van der Waals surface area contributed by atoms with Crippen LogP contribution in [-0.2, 0) is 6.54 Å². The predicted octanol–water partition coefficient (Wildman–Crippen LogP) is 2.96. The molecule has 118 valence electrons. The average molecular weight is 303 g/mol. The molecule has 0 aromatic carbocycles. The second-order valence-corrected chi connectivity index (χ2v) is 5.55. The first-order valence-corrected chi connectivity index (χ1v) is 7.69. The number of piperidine rings is 1. The maximum absolute atomic E-state index is 12.6. The number of amides is 2. The van der Waals surface area contributed by atoms with Crippen LogP contribution in [0.5, 0.6) is 0 Å². The third-order valence-corrected chi connectivity index (χ3v) is 4.18. The van der Waals surface area contributed by atoms with Crippen molar-refractivity contribution in [2.24, 2.45) is 0 Å². The Kier molecular flexibility index (Phi) is 4.13. The van der Waals surface area contributed by atoms with Crippen LogP contribution in [0, 0.1) is 6.92 Å². The first kappa shape index (κ1) is 14.6. The number of carbonyl (C=O) groups excluding carboxylic acids is 1. The Balaban J connectivity index is 1.80. The van der Waals surface area contributed by atoms with Gasteiger partial charge in [-0.05, 0) is 33.1 Å². The van der Waals surface area contributed by atoms with Crippen molar-refractivity contribution in [2.45, 2.75) is 45.7 Å². The Morgan fingerprint density at radius 1 is 1.50 bits per heavy atom. The predicted molar refractivity (Wildman–Crippen MR) is 81.5 cm³/mol. The molecule has 7 heteroatoms. The lowest BCUT2D eigenvalue weighted by atomic mass is 10.00. The van der Waals surface area contributed by atoms with Gasteiger partial charge in [-0.2, -0.15) is 0 Å².